The summed E-state index contributed by atoms with van der Waals surface area (Å²) in [7, 11) is 0. The van der Waals surface area contributed by atoms with Crippen molar-refractivity contribution in [3.8, 4) is 0 Å². The Morgan fingerprint density at radius 3 is 3.06 bits per heavy atom. The minimum Gasteiger partial charge on any atom is -0.396 e. The van der Waals surface area contributed by atoms with E-state index >= 15 is 0 Å². The van der Waals surface area contributed by atoms with Gasteiger partial charge in [0.25, 0.3) is 5.91 Å². The topological polar surface area (TPSA) is 53.4 Å². The molecule has 0 spiro atoms. The van der Waals surface area contributed by atoms with Gasteiger partial charge in [-0.15, -0.1) is 11.3 Å². The Morgan fingerprint density at radius 2 is 2.44 bits per heavy atom. The first-order valence-corrected chi connectivity index (χ1v) is 7.29. The molecule has 18 heavy (non-hydrogen) atoms. The zero-order chi connectivity index (χ0) is 13.1. The van der Waals surface area contributed by atoms with Crippen LogP contribution in [0.1, 0.15) is 47.3 Å². The number of aromatic nitrogens is 1. The summed E-state index contributed by atoms with van der Waals surface area (Å²) < 4.78 is 0. The van der Waals surface area contributed by atoms with Crippen LogP contribution in [0.2, 0.25) is 0 Å². The molecule has 2 rings (SSSR count). The lowest BCUT2D eigenvalue weighted by Gasteiger charge is -2.31. The second kappa shape index (κ2) is 5.80. The number of piperidine rings is 1. The predicted octanol–water partition coefficient (Wildman–Crippen LogP) is 2.11. The van der Waals surface area contributed by atoms with Crippen LogP contribution in [0.5, 0.6) is 0 Å². The van der Waals surface area contributed by atoms with E-state index in [2.05, 4.69) is 18.8 Å². The van der Waals surface area contributed by atoms with Gasteiger partial charge < -0.3 is 10.0 Å². The van der Waals surface area contributed by atoms with E-state index < -0.39 is 0 Å². The number of carbonyl (C=O) groups is 1. The van der Waals surface area contributed by atoms with Gasteiger partial charge in [-0.3, -0.25) is 4.79 Å². The van der Waals surface area contributed by atoms with Gasteiger partial charge in [-0.2, -0.15) is 0 Å². The molecule has 1 aromatic rings. The molecule has 2 heterocycles. The van der Waals surface area contributed by atoms with Crippen LogP contribution in [0.25, 0.3) is 0 Å². The molecule has 1 atom stereocenters. The fraction of sp³-hybridized carbons (Fsp3) is 0.692. The van der Waals surface area contributed by atoms with Gasteiger partial charge in [0.15, 0.2) is 0 Å². The van der Waals surface area contributed by atoms with E-state index in [1.807, 2.05) is 4.90 Å². The van der Waals surface area contributed by atoms with E-state index in [0.717, 1.165) is 29.3 Å². The smallest absolute Gasteiger partial charge is 0.265 e. The number of likely N-dealkylation sites (tertiary alicyclic amines) is 1. The third-order valence-corrected chi connectivity index (χ3v) is 4.58. The van der Waals surface area contributed by atoms with Crippen LogP contribution in [0.15, 0.2) is 6.20 Å². The van der Waals surface area contributed by atoms with E-state index in [4.69, 9.17) is 0 Å². The van der Waals surface area contributed by atoms with Crippen molar-refractivity contribution in [3.05, 3.63) is 16.1 Å². The second-order valence-corrected chi connectivity index (χ2v) is 6.22. The van der Waals surface area contributed by atoms with Crippen LogP contribution in [0.4, 0.5) is 0 Å². The fourth-order valence-electron chi connectivity index (χ4n) is 2.21. The van der Waals surface area contributed by atoms with Crippen molar-refractivity contribution in [1.82, 2.24) is 9.88 Å². The van der Waals surface area contributed by atoms with E-state index in [-0.39, 0.29) is 18.4 Å². The third kappa shape index (κ3) is 2.90. The lowest BCUT2D eigenvalue weighted by molar-refractivity contribution is 0.0625. The maximum atomic E-state index is 12.3. The van der Waals surface area contributed by atoms with Gasteiger partial charge in [0.05, 0.1) is 11.2 Å². The molecule has 1 aromatic heterocycles. The van der Waals surface area contributed by atoms with Crippen LogP contribution in [-0.2, 0) is 0 Å². The van der Waals surface area contributed by atoms with E-state index in [9.17, 15) is 9.90 Å². The van der Waals surface area contributed by atoms with Crippen LogP contribution in [0, 0.1) is 5.92 Å². The van der Waals surface area contributed by atoms with E-state index in [1.165, 1.54) is 11.3 Å². The Bertz CT molecular complexity index is 417. The number of rotatable bonds is 3. The zero-order valence-electron chi connectivity index (χ0n) is 10.9. The minimum absolute atomic E-state index is 0.0672. The van der Waals surface area contributed by atoms with Gasteiger partial charge in [0.2, 0.25) is 0 Å². The molecule has 0 bridgehead atoms. The molecule has 0 radical (unpaired) electrons. The summed E-state index contributed by atoms with van der Waals surface area (Å²) in [6, 6.07) is 0. The van der Waals surface area contributed by atoms with Crippen molar-refractivity contribution >= 4 is 17.2 Å². The second-order valence-electron chi connectivity index (χ2n) is 5.16. The molecule has 0 aromatic carbocycles. The molecule has 1 fully saturated rings. The van der Waals surface area contributed by atoms with E-state index in [1.54, 1.807) is 6.20 Å². The highest BCUT2D eigenvalue weighted by molar-refractivity contribution is 7.13. The van der Waals surface area contributed by atoms with Crippen molar-refractivity contribution in [3.63, 3.8) is 0 Å². The Kier molecular flexibility index (Phi) is 4.35. The molecule has 0 saturated carbocycles. The standard InChI is InChI=1S/C13H20N2O2S/c1-9(2)12-14-6-11(18-12)13(17)15-5-3-4-10(7-15)8-16/h6,9-10,16H,3-5,7-8H2,1-2H3. The molecule has 1 amide bonds. The lowest BCUT2D eigenvalue weighted by atomic mass is 9.99. The van der Waals surface area contributed by atoms with Gasteiger partial charge >= 0.3 is 0 Å². The summed E-state index contributed by atoms with van der Waals surface area (Å²) in [5.41, 5.74) is 0. The van der Waals surface area contributed by atoms with Gasteiger partial charge in [0, 0.05) is 25.6 Å². The molecule has 100 valence electrons. The number of aliphatic hydroxyl groups excluding tert-OH is 1. The molecule has 4 nitrogen and oxygen atoms in total. The number of nitrogens with zero attached hydrogens (tertiary/aromatic N) is 2. The van der Waals surface area contributed by atoms with Crippen LogP contribution in [0.3, 0.4) is 0 Å². The molecule has 1 aliphatic heterocycles. The number of thiazole rings is 1. The molecule has 1 saturated heterocycles. The van der Waals surface area contributed by atoms with Gasteiger partial charge in [-0.25, -0.2) is 4.98 Å². The molecular weight excluding hydrogens is 248 g/mol. The normalized spacial score (nSPS) is 20.4. The SMILES string of the molecule is CC(C)c1ncc(C(=O)N2CCCC(CO)C2)s1. The first-order chi connectivity index (χ1) is 8.61. The molecule has 1 aliphatic rings. The molecule has 1 unspecified atom stereocenters. The van der Waals surface area contributed by atoms with E-state index in [0.29, 0.717) is 12.5 Å². The average Bonchev–Trinajstić information content (AvgIpc) is 2.87. The Labute approximate surface area is 112 Å². The van der Waals surface area contributed by atoms with Crippen LogP contribution < -0.4 is 0 Å². The maximum Gasteiger partial charge on any atom is 0.265 e. The Balaban J connectivity index is 2.05. The molecular formula is C13H20N2O2S. The molecule has 5 heteroatoms. The summed E-state index contributed by atoms with van der Waals surface area (Å²) in [6.45, 7) is 5.80. The number of hydrogen-bond donors (Lipinski definition) is 1. The van der Waals surface area contributed by atoms with Crippen molar-refractivity contribution in [2.45, 2.75) is 32.6 Å². The number of amides is 1. The van der Waals surface area contributed by atoms with Gasteiger partial charge in [-0.1, -0.05) is 13.8 Å². The maximum absolute atomic E-state index is 12.3. The first-order valence-electron chi connectivity index (χ1n) is 6.47. The summed E-state index contributed by atoms with van der Waals surface area (Å²) in [4.78, 5) is 19.2. The van der Waals surface area contributed by atoms with Crippen molar-refractivity contribution in [2.24, 2.45) is 5.92 Å². The van der Waals surface area contributed by atoms with Crippen LogP contribution >= 0.6 is 11.3 Å². The van der Waals surface area contributed by atoms with Crippen molar-refractivity contribution < 1.29 is 9.90 Å². The van der Waals surface area contributed by atoms with Crippen molar-refractivity contribution in [1.29, 1.82) is 0 Å². The Morgan fingerprint density at radius 1 is 1.67 bits per heavy atom. The van der Waals surface area contributed by atoms with Crippen LogP contribution in [-0.4, -0.2) is 40.6 Å². The highest BCUT2D eigenvalue weighted by atomic mass is 32.1. The molecule has 1 N–H and O–H groups in total. The highest BCUT2D eigenvalue weighted by Crippen LogP contribution is 2.24. The average molecular weight is 268 g/mol. The van der Waals surface area contributed by atoms with Gasteiger partial charge in [-0.05, 0) is 18.8 Å². The molecule has 0 aliphatic carbocycles. The number of carbonyl (C=O) groups excluding carboxylic acids is 1. The zero-order valence-corrected chi connectivity index (χ0v) is 11.7. The Hall–Kier alpha value is -0.940. The fourth-order valence-corrected chi connectivity index (χ4v) is 3.10. The quantitative estimate of drug-likeness (QED) is 0.913. The summed E-state index contributed by atoms with van der Waals surface area (Å²) in [5.74, 6) is 0.667. The minimum atomic E-state index is 0.0672. The monoisotopic (exact) mass is 268 g/mol. The number of hydrogen-bond acceptors (Lipinski definition) is 4. The summed E-state index contributed by atoms with van der Waals surface area (Å²) >= 11 is 1.49. The summed E-state index contributed by atoms with van der Waals surface area (Å²) in [6.07, 6.45) is 3.68. The first kappa shape index (κ1) is 13.5. The predicted molar refractivity (Wildman–Crippen MR) is 71.9 cm³/mol. The third-order valence-electron chi connectivity index (χ3n) is 3.29. The van der Waals surface area contributed by atoms with Gasteiger partial charge in [0.1, 0.15) is 4.88 Å². The highest BCUT2D eigenvalue weighted by Gasteiger charge is 2.25. The largest absolute Gasteiger partial charge is 0.396 e. The van der Waals surface area contributed by atoms with Crippen molar-refractivity contribution in [2.75, 3.05) is 19.7 Å². The number of aliphatic hydroxyl groups is 1. The summed E-state index contributed by atoms with van der Waals surface area (Å²) in [5, 5.41) is 10.2. The lowest BCUT2D eigenvalue weighted by Crippen LogP contribution is -2.40.